The molecule has 94 heavy (non-hydrogen) atoms. The Kier molecular flexibility index (Phi) is 65.1. The molecule has 0 fully saturated rings. The third-order valence-electron chi connectivity index (χ3n) is 15.3. The Morgan fingerprint density at radius 3 is 0.926 bits per heavy atom. The highest BCUT2D eigenvalue weighted by Gasteiger charge is 2.30. The van der Waals surface area contributed by atoms with Crippen LogP contribution in [0.3, 0.4) is 0 Å². The van der Waals surface area contributed by atoms with E-state index in [0.29, 0.717) is 25.7 Å². The predicted molar refractivity (Wildman–Crippen MR) is 381 cm³/mol. The number of rotatable bonds is 69. The molecule has 17 nitrogen and oxygen atoms in total. The predicted octanol–water partition coefficient (Wildman–Crippen LogP) is 20.7. The van der Waals surface area contributed by atoms with Crippen LogP contribution < -0.4 is 0 Å². The molecule has 0 radical (unpaired) electrons. The molecule has 0 spiro atoms. The number of carbonyl (C=O) groups excluding carboxylic acids is 4. The molecule has 0 saturated heterocycles. The van der Waals surface area contributed by atoms with Crippen LogP contribution in [0.4, 0.5) is 0 Å². The maximum Gasteiger partial charge on any atom is 0.472 e. The molecule has 0 rings (SSSR count). The van der Waals surface area contributed by atoms with Gasteiger partial charge in [-0.05, 0) is 135 Å². The summed E-state index contributed by atoms with van der Waals surface area (Å²) in [6, 6.07) is 0. The molecule has 0 aromatic heterocycles. The number of hydrogen-bond acceptors (Lipinski definition) is 15. The first-order valence-corrected chi connectivity index (χ1v) is 39.8. The van der Waals surface area contributed by atoms with Gasteiger partial charge in [0.1, 0.15) is 19.3 Å². The van der Waals surface area contributed by atoms with Crippen LogP contribution in [0.5, 0.6) is 0 Å². The second-order valence-corrected chi connectivity index (χ2v) is 27.4. The van der Waals surface area contributed by atoms with Crippen LogP contribution in [0, 0.1) is 0 Å². The minimum absolute atomic E-state index is 0.0767. The Hall–Kier alpha value is -3.76. The largest absolute Gasteiger partial charge is 0.472 e. The van der Waals surface area contributed by atoms with Crippen molar-refractivity contribution in [3.63, 3.8) is 0 Å². The molecule has 0 bridgehead atoms. The molecule has 544 valence electrons. The zero-order valence-electron chi connectivity index (χ0n) is 59.1. The summed E-state index contributed by atoms with van der Waals surface area (Å²) < 4.78 is 68.3. The van der Waals surface area contributed by atoms with E-state index in [1.165, 1.54) is 77.0 Å². The van der Waals surface area contributed by atoms with Gasteiger partial charge in [-0.2, -0.15) is 0 Å². The first-order valence-electron chi connectivity index (χ1n) is 36.8. The maximum absolute atomic E-state index is 13.0. The topological polar surface area (TPSA) is 237 Å². The van der Waals surface area contributed by atoms with Crippen molar-refractivity contribution in [2.24, 2.45) is 0 Å². The standard InChI is InChI=1S/C75H132O17P2/c1-5-9-13-17-21-25-29-32-34-37-41-44-48-52-56-60-73(78)86-66-71(92-75(80)62-58-54-50-46-42-38-35-33-30-26-22-18-14-10-6-2)68-90-94(83,84)88-64-69(76)63-87-93(81,82)89-67-70(91-74(79)61-57-53-49-45-39-28-24-20-16-12-8-4)65-85-72(77)59-55-51-47-43-40-36-31-27-23-19-15-11-7-3/h9,13,20-21,24-25,27,31-35,41,44,69-71,76H,5-8,10-12,14-19,22-23,26,28-30,36-40,42-43,45-68H2,1-4H3,(H,81,82)(H,83,84)/b13-9-,24-20-,25-21-,31-27-,34-32-,35-33-,44-41-. The lowest BCUT2D eigenvalue weighted by Crippen LogP contribution is -2.30. The van der Waals surface area contributed by atoms with Crippen molar-refractivity contribution in [3.05, 3.63) is 85.1 Å². The Labute approximate surface area is 570 Å². The van der Waals surface area contributed by atoms with E-state index in [1.54, 1.807) is 0 Å². The maximum atomic E-state index is 13.0. The summed E-state index contributed by atoms with van der Waals surface area (Å²) in [4.78, 5) is 72.6. The molecule has 0 saturated carbocycles. The molecule has 5 atom stereocenters. The summed E-state index contributed by atoms with van der Waals surface area (Å²) in [7, 11) is -9.95. The molecule has 0 amide bonds. The molecule has 0 aliphatic rings. The van der Waals surface area contributed by atoms with Gasteiger partial charge in [0.25, 0.3) is 0 Å². The van der Waals surface area contributed by atoms with Crippen molar-refractivity contribution in [1.82, 2.24) is 0 Å². The van der Waals surface area contributed by atoms with Gasteiger partial charge in [0.2, 0.25) is 0 Å². The summed E-state index contributed by atoms with van der Waals surface area (Å²) in [5, 5.41) is 10.6. The van der Waals surface area contributed by atoms with Crippen LogP contribution in [0.15, 0.2) is 85.1 Å². The fourth-order valence-electron chi connectivity index (χ4n) is 9.65. The van der Waals surface area contributed by atoms with Crippen molar-refractivity contribution in [3.8, 4) is 0 Å². The van der Waals surface area contributed by atoms with Crippen LogP contribution in [0.2, 0.25) is 0 Å². The third-order valence-corrected chi connectivity index (χ3v) is 17.2. The molecule has 0 aliphatic carbocycles. The molecule has 0 aromatic rings. The highest BCUT2D eigenvalue weighted by molar-refractivity contribution is 7.47. The number of allylic oxidation sites excluding steroid dienone is 14. The van der Waals surface area contributed by atoms with E-state index in [-0.39, 0.29) is 25.7 Å². The molecule has 0 aliphatic heterocycles. The summed E-state index contributed by atoms with van der Waals surface area (Å²) in [6.07, 6.45) is 67.3. The number of hydrogen-bond donors (Lipinski definition) is 3. The van der Waals surface area contributed by atoms with Gasteiger partial charge < -0.3 is 33.8 Å². The second kappa shape index (κ2) is 67.8. The lowest BCUT2D eigenvalue weighted by molar-refractivity contribution is -0.161. The number of esters is 4. The minimum atomic E-state index is -4.98. The number of aliphatic hydroxyl groups excluding tert-OH is 1. The Balaban J connectivity index is 5.36. The van der Waals surface area contributed by atoms with E-state index < -0.39 is 97.5 Å². The molecular weight excluding hydrogens is 1230 g/mol. The monoisotopic (exact) mass is 1370 g/mol. The van der Waals surface area contributed by atoms with E-state index in [2.05, 4.69) is 113 Å². The van der Waals surface area contributed by atoms with Crippen molar-refractivity contribution < 1.29 is 80.2 Å². The van der Waals surface area contributed by atoms with Gasteiger partial charge in [-0.3, -0.25) is 37.3 Å². The van der Waals surface area contributed by atoms with Crippen molar-refractivity contribution in [2.45, 2.75) is 329 Å². The summed E-state index contributed by atoms with van der Waals surface area (Å²) in [5.41, 5.74) is 0. The molecule has 0 heterocycles. The summed E-state index contributed by atoms with van der Waals surface area (Å²) in [5.74, 6) is -2.24. The highest BCUT2D eigenvalue weighted by atomic mass is 31.2. The van der Waals surface area contributed by atoms with Crippen LogP contribution in [-0.2, 0) is 65.4 Å². The van der Waals surface area contributed by atoms with E-state index in [0.717, 1.165) is 154 Å². The smallest absolute Gasteiger partial charge is 0.462 e. The Morgan fingerprint density at radius 2 is 0.564 bits per heavy atom. The zero-order valence-corrected chi connectivity index (χ0v) is 60.9. The number of phosphoric ester groups is 2. The van der Waals surface area contributed by atoms with Gasteiger partial charge in [0.15, 0.2) is 12.2 Å². The molecule has 19 heteroatoms. The fraction of sp³-hybridized carbons (Fsp3) is 0.760. The van der Waals surface area contributed by atoms with Gasteiger partial charge >= 0.3 is 39.5 Å². The molecular formula is C75H132O17P2. The average Bonchev–Trinajstić information content (AvgIpc) is 1.36. The van der Waals surface area contributed by atoms with Gasteiger partial charge in [-0.25, -0.2) is 9.13 Å². The first kappa shape index (κ1) is 90.2. The number of aliphatic hydroxyl groups is 1. The summed E-state index contributed by atoms with van der Waals surface area (Å²) in [6.45, 7) is 4.63. The third kappa shape index (κ3) is 66.8. The normalized spacial score (nSPS) is 14.5. The van der Waals surface area contributed by atoms with E-state index in [9.17, 15) is 43.2 Å². The number of unbranched alkanes of at least 4 members (excludes halogenated alkanes) is 29. The highest BCUT2D eigenvalue weighted by Crippen LogP contribution is 2.45. The molecule has 3 N–H and O–H groups in total. The SMILES string of the molecule is CC/C=C\C/C=C\C/C=C\C/C=C\CCCCC(=O)OCC(COP(=O)(O)OCC(O)COP(=O)(O)OCC(COC(=O)CCCCCCC/C=C\CCCCCC)OC(=O)CCCCCCC/C=C\CCCC)OC(=O)CCCCCCC/C=C\CCCCCCCC. The van der Waals surface area contributed by atoms with Crippen molar-refractivity contribution in [1.29, 1.82) is 0 Å². The second-order valence-electron chi connectivity index (χ2n) is 24.5. The number of ether oxygens (including phenoxy) is 4. The lowest BCUT2D eigenvalue weighted by Gasteiger charge is -2.21. The van der Waals surface area contributed by atoms with E-state index in [4.69, 9.17) is 37.0 Å². The van der Waals surface area contributed by atoms with Crippen LogP contribution >= 0.6 is 15.6 Å². The lowest BCUT2D eigenvalue weighted by atomic mass is 10.1. The zero-order chi connectivity index (χ0) is 69.0. The fourth-order valence-corrected chi connectivity index (χ4v) is 11.2. The van der Waals surface area contributed by atoms with Crippen LogP contribution in [0.1, 0.15) is 310 Å². The molecule has 0 aromatic carbocycles. The Morgan fingerprint density at radius 1 is 0.309 bits per heavy atom. The number of carbonyl (C=O) groups is 4. The van der Waals surface area contributed by atoms with Crippen LogP contribution in [0.25, 0.3) is 0 Å². The van der Waals surface area contributed by atoms with Crippen molar-refractivity contribution >= 4 is 39.5 Å². The van der Waals surface area contributed by atoms with E-state index >= 15 is 0 Å². The quantitative estimate of drug-likeness (QED) is 0.0169. The molecule has 5 unspecified atom stereocenters. The van der Waals surface area contributed by atoms with Gasteiger partial charge in [-0.1, -0.05) is 235 Å². The van der Waals surface area contributed by atoms with Crippen molar-refractivity contribution in [2.75, 3.05) is 39.6 Å². The van der Waals surface area contributed by atoms with Crippen LogP contribution in [-0.4, -0.2) is 96.7 Å². The first-order chi connectivity index (χ1) is 45.7. The van der Waals surface area contributed by atoms with Gasteiger partial charge in [0.05, 0.1) is 26.4 Å². The van der Waals surface area contributed by atoms with Gasteiger partial charge in [0, 0.05) is 25.7 Å². The van der Waals surface area contributed by atoms with E-state index in [1.807, 2.05) is 0 Å². The number of phosphoric acid groups is 2. The average molecular weight is 1370 g/mol. The minimum Gasteiger partial charge on any atom is -0.462 e. The van der Waals surface area contributed by atoms with Gasteiger partial charge in [-0.15, -0.1) is 0 Å². The summed E-state index contributed by atoms with van der Waals surface area (Å²) >= 11 is 0. The Bertz CT molecular complexity index is 2120.